The standard InChI is InChI=1S/C20H20N4O2S/c1-14-21-11-16(19-22-17(13-27-19)15-7-3-2-4-8-15)20(26)24(14)12-18(25)23-9-5-6-10-23/h2-4,7-8,11,13H,5-6,9-10,12H2,1H3. The molecular weight excluding hydrogens is 360 g/mol. The molecule has 0 unspecified atom stereocenters. The molecule has 0 radical (unpaired) electrons. The van der Waals surface area contributed by atoms with Gasteiger partial charge in [0.05, 0.1) is 11.3 Å². The number of hydrogen-bond acceptors (Lipinski definition) is 5. The Morgan fingerprint density at radius 2 is 1.93 bits per heavy atom. The molecule has 27 heavy (non-hydrogen) atoms. The maximum atomic E-state index is 13.0. The Kier molecular flexibility index (Phi) is 4.85. The van der Waals surface area contributed by atoms with Crippen molar-refractivity contribution >= 4 is 17.2 Å². The van der Waals surface area contributed by atoms with Gasteiger partial charge in [0, 0.05) is 30.2 Å². The smallest absolute Gasteiger partial charge is 0.264 e. The minimum absolute atomic E-state index is 0.0271. The molecule has 0 spiro atoms. The van der Waals surface area contributed by atoms with Crippen molar-refractivity contribution in [2.75, 3.05) is 13.1 Å². The Morgan fingerprint density at radius 1 is 1.19 bits per heavy atom. The number of rotatable bonds is 4. The third kappa shape index (κ3) is 3.55. The third-order valence-electron chi connectivity index (χ3n) is 4.80. The second kappa shape index (κ2) is 7.44. The van der Waals surface area contributed by atoms with Gasteiger partial charge in [0.25, 0.3) is 5.56 Å². The fourth-order valence-electron chi connectivity index (χ4n) is 3.25. The number of aryl methyl sites for hydroxylation is 1. The second-order valence-corrected chi connectivity index (χ2v) is 7.46. The second-order valence-electron chi connectivity index (χ2n) is 6.60. The lowest BCUT2D eigenvalue weighted by Gasteiger charge is -2.17. The highest BCUT2D eigenvalue weighted by Gasteiger charge is 2.21. The van der Waals surface area contributed by atoms with Crippen molar-refractivity contribution in [1.82, 2.24) is 19.4 Å². The fraction of sp³-hybridized carbons (Fsp3) is 0.300. The minimum atomic E-state index is -0.219. The molecule has 1 amide bonds. The number of hydrogen-bond donors (Lipinski definition) is 0. The summed E-state index contributed by atoms with van der Waals surface area (Å²) < 4.78 is 1.46. The molecule has 0 atom stereocenters. The summed E-state index contributed by atoms with van der Waals surface area (Å²) in [5.41, 5.74) is 2.05. The molecule has 2 aromatic heterocycles. The summed E-state index contributed by atoms with van der Waals surface area (Å²) in [6.45, 7) is 3.32. The summed E-state index contributed by atoms with van der Waals surface area (Å²) in [4.78, 5) is 36.2. The fourth-order valence-corrected chi connectivity index (χ4v) is 4.08. The number of nitrogens with zero attached hydrogens (tertiary/aromatic N) is 4. The van der Waals surface area contributed by atoms with Gasteiger partial charge < -0.3 is 4.90 Å². The molecule has 0 aliphatic carbocycles. The minimum Gasteiger partial charge on any atom is -0.341 e. The average Bonchev–Trinajstić information content (AvgIpc) is 3.38. The van der Waals surface area contributed by atoms with E-state index in [-0.39, 0.29) is 18.0 Å². The van der Waals surface area contributed by atoms with Crippen molar-refractivity contribution in [3.05, 3.63) is 58.1 Å². The van der Waals surface area contributed by atoms with Gasteiger partial charge in [-0.3, -0.25) is 14.2 Å². The summed E-state index contributed by atoms with van der Waals surface area (Å²) in [5, 5.41) is 2.55. The molecule has 1 saturated heterocycles. The zero-order valence-electron chi connectivity index (χ0n) is 15.1. The highest BCUT2D eigenvalue weighted by atomic mass is 32.1. The number of likely N-dealkylation sites (tertiary alicyclic amines) is 1. The van der Waals surface area contributed by atoms with Crippen molar-refractivity contribution in [3.8, 4) is 21.8 Å². The van der Waals surface area contributed by atoms with Crippen LogP contribution in [0.15, 0.2) is 46.7 Å². The van der Waals surface area contributed by atoms with Gasteiger partial charge in [-0.2, -0.15) is 0 Å². The van der Waals surface area contributed by atoms with E-state index in [0.717, 1.165) is 37.2 Å². The normalized spacial score (nSPS) is 13.9. The lowest BCUT2D eigenvalue weighted by Crippen LogP contribution is -2.36. The van der Waals surface area contributed by atoms with Gasteiger partial charge in [0.1, 0.15) is 17.4 Å². The maximum Gasteiger partial charge on any atom is 0.264 e. The third-order valence-corrected chi connectivity index (χ3v) is 5.68. The Labute approximate surface area is 161 Å². The Balaban J connectivity index is 1.65. The van der Waals surface area contributed by atoms with Gasteiger partial charge in [-0.05, 0) is 19.8 Å². The highest BCUT2D eigenvalue weighted by Crippen LogP contribution is 2.26. The van der Waals surface area contributed by atoms with Crippen molar-refractivity contribution in [1.29, 1.82) is 0 Å². The molecular formula is C20H20N4O2S. The first-order chi connectivity index (χ1) is 13.1. The van der Waals surface area contributed by atoms with Gasteiger partial charge in [-0.25, -0.2) is 9.97 Å². The zero-order chi connectivity index (χ0) is 18.8. The first-order valence-corrected chi connectivity index (χ1v) is 9.87. The average molecular weight is 380 g/mol. The van der Waals surface area contributed by atoms with Gasteiger partial charge >= 0.3 is 0 Å². The summed E-state index contributed by atoms with van der Waals surface area (Å²) >= 11 is 1.41. The quantitative estimate of drug-likeness (QED) is 0.698. The first-order valence-electron chi connectivity index (χ1n) is 8.99. The molecule has 1 aliphatic heterocycles. The number of carbonyl (C=O) groups excluding carboxylic acids is 1. The zero-order valence-corrected chi connectivity index (χ0v) is 15.9. The van der Waals surface area contributed by atoms with Crippen LogP contribution in [0, 0.1) is 6.92 Å². The summed E-state index contributed by atoms with van der Waals surface area (Å²) in [6.07, 6.45) is 3.61. The number of benzene rings is 1. The molecule has 0 saturated carbocycles. The van der Waals surface area contributed by atoms with Crippen molar-refractivity contribution in [3.63, 3.8) is 0 Å². The van der Waals surface area contributed by atoms with Crippen molar-refractivity contribution < 1.29 is 4.79 Å². The van der Waals surface area contributed by atoms with Crippen LogP contribution in [0.4, 0.5) is 0 Å². The highest BCUT2D eigenvalue weighted by molar-refractivity contribution is 7.13. The van der Waals surface area contributed by atoms with Crippen LogP contribution in [-0.4, -0.2) is 38.4 Å². The lowest BCUT2D eigenvalue weighted by atomic mass is 10.2. The largest absolute Gasteiger partial charge is 0.341 e. The van der Waals surface area contributed by atoms with Crippen LogP contribution in [0.3, 0.4) is 0 Å². The van der Waals surface area contributed by atoms with E-state index in [1.54, 1.807) is 13.1 Å². The van der Waals surface area contributed by atoms with E-state index >= 15 is 0 Å². The van der Waals surface area contributed by atoms with E-state index in [0.29, 0.717) is 16.4 Å². The summed E-state index contributed by atoms with van der Waals surface area (Å²) in [6, 6.07) is 9.84. The monoisotopic (exact) mass is 380 g/mol. The van der Waals surface area contributed by atoms with Crippen LogP contribution in [0.5, 0.6) is 0 Å². The Morgan fingerprint density at radius 3 is 2.67 bits per heavy atom. The number of thiazole rings is 1. The molecule has 7 heteroatoms. The molecule has 1 aromatic carbocycles. The number of carbonyl (C=O) groups is 1. The Bertz CT molecular complexity index is 1020. The summed E-state index contributed by atoms with van der Waals surface area (Å²) in [7, 11) is 0. The molecule has 0 bridgehead atoms. The Hall–Kier alpha value is -2.80. The van der Waals surface area contributed by atoms with Crippen LogP contribution >= 0.6 is 11.3 Å². The molecule has 1 aliphatic rings. The molecule has 3 heterocycles. The first kappa shape index (κ1) is 17.6. The van der Waals surface area contributed by atoms with Crippen molar-refractivity contribution in [2.24, 2.45) is 0 Å². The van der Waals surface area contributed by atoms with Crippen LogP contribution < -0.4 is 5.56 Å². The topological polar surface area (TPSA) is 68.1 Å². The van der Waals surface area contributed by atoms with Gasteiger partial charge in [-0.15, -0.1) is 11.3 Å². The van der Waals surface area contributed by atoms with E-state index in [4.69, 9.17) is 0 Å². The van der Waals surface area contributed by atoms with Crippen LogP contribution in [0.2, 0.25) is 0 Å². The number of amides is 1. The van der Waals surface area contributed by atoms with E-state index in [2.05, 4.69) is 9.97 Å². The molecule has 0 N–H and O–H groups in total. The predicted octanol–water partition coefficient (Wildman–Crippen LogP) is 2.96. The molecule has 4 rings (SSSR count). The van der Waals surface area contributed by atoms with Crippen LogP contribution in [-0.2, 0) is 11.3 Å². The molecule has 138 valence electrons. The number of aromatic nitrogens is 3. The predicted molar refractivity (Wildman–Crippen MR) is 106 cm³/mol. The molecule has 3 aromatic rings. The van der Waals surface area contributed by atoms with Gasteiger partial charge in [-0.1, -0.05) is 30.3 Å². The van der Waals surface area contributed by atoms with E-state index in [1.165, 1.54) is 15.9 Å². The maximum absolute atomic E-state index is 13.0. The molecule has 1 fully saturated rings. The van der Waals surface area contributed by atoms with E-state index < -0.39 is 0 Å². The lowest BCUT2D eigenvalue weighted by molar-refractivity contribution is -0.130. The van der Waals surface area contributed by atoms with E-state index in [1.807, 2.05) is 40.6 Å². The summed E-state index contributed by atoms with van der Waals surface area (Å²) in [5.74, 6) is 0.511. The van der Waals surface area contributed by atoms with Gasteiger partial charge in [0.15, 0.2) is 0 Å². The van der Waals surface area contributed by atoms with E-state index in [9.17, 15) is 9.59 Å². The van der Waals surface area contributed by atoms with Crippen LogP contribution in [0.25, 0.3) is 21.8 Å². The van der Waals surface area contributed by atoms with Crippen LogP contribution in [0.1, 0.15) is 18.7 Å². The van der Waals surface area contributed by atoms with Crippen molar-refractivity contribution in [2.45, 2.75) is 26.3 Å². The SMILES string of the molecule is Cc1ncc(-c2nc(-c3ccccc3)cs2)c(=O)n1CC(=O)N1CCCC1. The van der Waals surface area contributed by atoms with Gasteiger partial charge in [0.2, 0.25) is 5.91 Å². The molecule has 6 nitrogen and oxygen atoms in total.